The van der Waals surface area contributed by atoms with Crippen molar-refractivity contribution in [1.82, 2.24) is 5.32 Å². The zero-order valence-electron chi connectivity index (χ0n) is 8.61. The maximum absolute atomic E-state index is 11.8. The van der Waals surface area contributed by atoms with E-state index in [1.165, 1.54) is 24.3 Å². The number of carboxylic acid groups (broad SMARTS) is 1. The number of amides is 2. The van der Waals surface area contributed by atoms with E-state index < -0.39 is 25.0 Å². The van der Waals surface area contributed by atoms with Crippen molar-refractivity contribution in [2.24, 2.45) is 0 Å². The van der Waals surface area contributed by atoms with E-state index in [9.17, 15) is 18.4 Å². The number of alkyl halides is 2. The maximum Gasteiger partial charge on any atom is 0.337 e. The van der Waals surface area contributed by atoms with E-state index in [1.807, 2.05) is 5.32 Å². The molecule has 0 heterocycles. The van der Waals surface area contributed by atoms with Crippen LogP contribution in [0.1, 0.15) is 10.4 Å². The molecule has 7 heteroatoms. The van der Waals surface area contributed by atoms with Crippen molar-refractivity contribution in [3.8, 4) is 0 Å². The van der Waals surface area contributed by atoms with Gasteiger partial charge in [-0.05, 0) is 12.1 Å². The minimum atomic E-state index is -2.66. The third kappa shape index (κ3) is 4.06. The molecule has 0 saturated heterocycles. The Bertz CT molecular complexity index is 424. The van der Waals surface area contributed by atoms with Crippen LogP contribution in [0.15, 0.2) is 24.3 Å². The van der Waals surface area contributed by atoms with Gasteiger partial charge in [0.25, 0.3) is 6.43 Å². The number of anilines is 1. The summed E-state index contributed by atoms with van der Waals surface area (Å²) in [7, 11) is 0. The summed E-state index contributed by atoms with van der Waals surface area (Å²) in [5, 5.41) is 12.9. The first-order valence-electron chi connectivity index (χ1n) is 4.66. The van der Waals surface area contributed by atoms with Gasteiger partial charge in [0.05, 0.1) is 17.8 Å². The monoisotopic (exact) mass is 244 g/mol. The van der Waals surface area contributed by atoms with Crippen molar-refractivity contribution in [1.29, 1.82) is 0 Å². The molecule has 0 atom stereocenters. The average Bonchev–Trinajstić information content (AvgIpc) is 2.27. The second-order valence-electron chi connectivity index (χ2n) is 3.08. The number of carbonyl (C=O) groups is 2. The molecule has 0 saturated carbocycles. The van der Waals surface area contributed by atoms with Gasteiger partial charge in [0.15, 0.2) is 0 Å². The van der Waals surface area contributed by atoms with Crippen LogP contribution in [-0.4, -0.2) is 30.1 Å². The number of halogens is 2. The highest BCUT2D eigenvalue weighted by atomic mass is 19.3. The quantitative estimate of drug-likeness (QED) is 0.755. The lowest BCUT2D eigenvalue weighted by Crippen LogP contribution is -2.33. The summed E-state index contributed by atoms with van der Waals surface area (Å²) in [5.74, 6) is -1.21. The predicted molar refractivity (Wildman–Crippen MR) is 56.4 cm³/mol. The summed E-state index contributed by atoms with van der Waals surface area (Å²) in [6.07, 6.45) is -2.66. The summed E-state index contributed by atoms with van der Waals surface area (Å²) in [4.78, 5) is 21.9. The second-order valence-corrected chi connectivity index (χ2v) is 3.08. The van der Waals surface area contributed by atoms with Gasteiger partial charge in [0, 0.05) is 0 Å². The Morgan fingerprint density at radius 1 is 1.29 bits per heavy atom. The smallest absolute Gasteiger partial charge is 0.337 e. The zero-order chi connectivity index (χ0) is 12.8. The predicted octanol–water partition coefficient (Wildman–Crippen LogP) is 1.77. The minimum Gasteiger partial charge on any atom is -0.478 e. The van der Waals surface area contributed by atoms with Crippen LogP contribution in [0.25, 0.3) is 0 Å². The summed E-state index contributed by atoms with van der Waals surface area (Å²) < 4.78 is 23.6. The number of benzene rings is 1. The van der Waals surface area contributed by atoms with Crippen LogP contribution in [0, 0.1) is 0 Å². The standard InChI is InChI=1S/C10H10F2N2O3/c11-8(12)5-13-10(17)14-7-4-2-1-3-6(7)9(15)16/h1-4,8H,5H2,(H,15,16)(H2,13,14,17). The molecule has 0 spiro atoms. The Morgan fingerprint density at radius 2 is 1.94 bits per heavy atom. The van der Waals surface area contributed by atoms with E-state index in [0.717, 1.165) is 0 Å². The molecule has 92 valence electrons. The topological polar surface area (TPSA) is 78.4 Å². The molecular weight excluding hydrogens is 234 g/mol. The van der Waals surface area contributed by atoms with Crippen molar-refractivity contribution >= 4 is 17.7 Å². The number of carbonyl (C=O) groups excluding carboxylic acids is 1. The average molecular weight is 244 g/mol. The van der Waals surface area contributed by atoms with Gasteiger partial charge in [-0.3, -0.25) is 0 Å². The number of urea groups is 1. The molecule has 0 aliphatic heterocycles. The van der Waals surface area contributed by atoms with Crippen LogP contribution in [0.5, 0.6) is 0 Å². The van der Waals surface area contributed by atoms with Crippen LogP contribution in [-0.2, 0) is 0 Å². The third-order valence-corrected chi connectivity index (χ3v) is 1.82. The molecule has 0 bridgehead atoms. The van der Waals surface area contributed by atoms with Crippen LogP contribution in [0.3, 0.4) is 0 Å². The summed E-state index contributed by atoms with van der Waals surface area (Å²) in [6, 6.07) is 4.80. The van der Waals surface area contributed by atoms with Crippen molar-refractivity contribution in [3.63, 3.8) is 0 Å². The number of hydrogen-bond acceptors (Lipinski definition) is 2. The molecule has 1 rings (SSSR count). The highest BCUT2D eigenvalue weighted by Gasteiger charge is 2.12. The zero-order valence-corrected chi connectivity index (χ0v) is 8.61. The molecule has 1 aromatic carbocycles. The van der Waals surface area contributed by atoms with E-state index in [0.29, 0.717) is 0 Å². The van der Waals surface area contributed by atoms with Crippen LogP contribution >= 0.6 is 0 Å². The van der Waals surface area contributed by atoms with Crippen molar-refractivity contribution in [3.05, 3.63) is 29.8 Å². The van der Waals surface area contributed by atoms with E-state index in [-0.39, 0.29) is 11.3 Å². The van der Waals surface area contributed by atoms with E-state index >= 15 is 0 Å². The lowest BCUT2D eigenvalue weighted by atomic mass is 10.2. The number of aromatic carboxylic acids is 1. The molecule has 5 nitrogen and oxygen atoms in total. The molecule has 0 unspecified atom stereocenters. The Balaban J connectivity index is 2.68. The largest absolute Gasteiger partial charge is 0.478 e. The van der Waals surface area contributed by atoms with Gasteiger partial charge in [-0.1, -0.05) is 12.1 Å². The van der Waals surface area contributed by atoms with Crippen molar-refractivity contribution in [2.45, 2.75) is 6.43 Å². The number of para-hydroxylation sites is 1. The van der Waals surface area contributed by atoms with Gasteiger partial charge >= 0.3 is 12.0 Å². The van der Waals surface area contributed by atoms with Gasteiger partial charge in [0.2, 0.25) is 0 Å². The molecule has 0 fully saturated rings. The maximum atomic E-state index is 11.8. The van der Waals surface area contributed by atoms with Crippen LogP contribution in [0.2, 0.25) is 0 Å². The number of rotatable bonds is 4. The first-order valence-corrected chi connectivity index (χ1v) is 4.66. The number of nitrogens with one attached hydrogen (secondary N) is 2. The van der Waals surface area contributed by atoms with Gasteiger partial charge in [-0.15, -0.1) is 0 Å². The molecule has 3 N–H and O–H groups in total. The van der Waals surface area contributed by atoms with E-state index in [1.54, 1.807) is 0 Å². The summed E-state index contributed by atoms with van der Waals surface area (Å²) >= 11 is 0. The van der Waals surface area contributed by atoms with Crippen molar-refractivity contribution < 1.29 is 23.5 Å². The summed E-state index contributed by atoms with van der Waals surface area (Å²) in [6.45, 7) is -0.791. The van der Waals surface area contributed by atoms with Crippen molar-refractivity contribution in [2.75, 3.05) is 11.9 Å². The first-order chi connectivity index (χ1) is 8.00. The molecular formula is C10H10F2N2O3. The molecule has 1 aromatic rings. The Hall–Kier alpha value is -2.18. The fourth-order valence-electron chi connectivity index (χ4n) is 1.11. The molecule has 2 amide bonds. The Labute approximate surface area is 95.4 Å². The first kappa shape index (κ1) is 12.9. The normalized spacial score (nSPS) is 10.1. The van der Waals surface area contributed by atoms with Gasteiger partial charge in [0.1, 0.15) is 0 Å². The molecule has 0 aliphatic rings. The Kier molecular flexibility index (Phi) is 4.38. The second kappa shape index (κ2) is 5.78. The number of carboxylic acids is 1. The number of hydrogen-bond donors (Lipinski definition) is 3. The fraction of sp³-hybridized carbons (Fsp3) is 0.200. The molecule has 0 radical (unpaired) electrons. The van der Waals surface area contributed by atoms with Crippen LogP contribution < -0.4 is 10.6 Å². The van der Waals surface area contributed by atoms with Gasteiger partial charge in [-0.25, -0.2) is 18.4 Å². The van der Waals surface area contributed by atoms with E-state index in [2.05, 4.69) is 5.32 Å². The minimum absolute atomic E-state index is 0.0479. The molecule has 0 aliphatic carbocycles. The van der Waals surface area contributed by atoms with Gasteiger partial charge < -0.3 is 15.7 Å². The molecule has 0 aromatic heterocycles. The summed E-state index contributed by atoms with van der Waals surface area (Å²) in [5.41, 5.74) is -0.0635. The Morgan fingerprint density at radius 3 is 2.53 bits per heavy atom. The highest BCUT2D eigenvalue weighted by Crippen LogP contribution is 2.14. The fourth-order valence-corrected chi connectivity index (χ4v) is 1.11. The SMILES string of the molecule is O=C(NCC(F)F)Nc1ccccc1C(=O)O. The highest BCUT2D eigenvalue weighted by molar-refractivity contribution is 5.99. The lowest BCUT2D eigenvalue weighted by molar-refractivity contribution is 0.0698. The lowest BCUT2D eigenvalue weighted by Gasteiger charge is -2.09. The van der Waals surface area contributed by atoms with E-state index in [4.69, 9.17) is 5.11 Å². The molecule has 17 heavy (non-hydrogen) atoms. The van der Waals surface area contributed by atoms with Crippen LogP contribution in [0.4, 0.5) is 19.3 Å². The van der Waals surface area contributed by atoms with Gasteiger partial charge in [-0.2, -0.15) is 0 Å². The third-order valence-electron chi connectivity index (χ3n) is 1.82.